The Labute approximate surface area is 147 Å². The van der Waals surface area contributed by atoms with Gasteiger partial charge in [-0.05, 0) is 60.5 Å². The van der Waals surface area contributed by atoms with Crippen molar-refractivity contribution in [3.63, 3.8) is 0 Å². The lowest BCUT2D eigenvalue weighted by atomic mass is 9.97. The number of rotatable bonds is 4. The number of amides is 1. The van der Waals surface area contributed by atoms with Gasteiger partial charge in [-0.25, -0.2) is 0 Å². The van der Waals surface area contributed by atoms with Gasteiger partial charge >= 0.3 is 0 Å². The minimum absolute atomic E-state index is 0.264. The average molecular weight is 347 g/mol. The summed E-state index contributed by atoms with van der Waals surface area (Å²) in [5, 5.41) is 6.66. The van der Waals surface area contributed by atoms with Gasteiger partial charge < -0.3 is 5.32 Å². The van der Waals surface area contributed by atoms with Crippen molar-refractivity contribution < 1.29 is 4.79 Å². The first-order valence-corrected chi connectivity index (χ1v) is 8.26. The minimum Gasteiger partial charge on any atom is -0.332 e. The SMILES string of the molecule is CC[C@H](C)c1ccccc1NC(=S)NC(=O)c1ccc(Cl)cc1. The highest BCUT2D eigenvalue weighted by Crippen LogP contribution is 2.26. The molecule has 1 amide bonds. The molecule has 2 rings (SSSR count). The van der Waals surface area contributed by atoms with E-state index in [2.05, 4.69) is 30.5 Å². The fraction of sp³-hybridized carbons (Fsp3) is 0.222. The van der Waals surface area contributed by atoms with E-state index >= 15 is 0 Å². The molecule has 0 aromatic heterocycles. The third-order valence-corrected chi connectivity index (χ3v) is 4.14. The van der Waals surface area contributed by atoms with Crippen LogP contribution in [0.4, 0.5) is 5.69 Å². The fourth-order valence-corrected chi connectivity index (χ4v) is 2.52. The molecule has 1 atom stereocenters. The molecule has 3 nitrogen and oxygen atoms in total. The average Bonchev–Trinajstić information content (AvgIpc) is 2.55. The number of carbonyl (C=O) groups is 1. The Morgan fingerprint density at radius 2 is 1.83 bits per heavy atom. The van der Waals surface area contributed by atoms with E-state index in [1.54, 1.807) is 24.3 Å². The van der Waals surface area contributed by atoms with Gasteiger partial charge in [-0.3, -0.25) is 10.1 Å². The van der Waals surface area contributed by atoms with E-state index in [0.717, 1.165) is 12.1 Å². The number of carbonyl (C=O) groups excluding carboxylic acids is 1. The smallest absolute Gasteiger partial charge is 0.257 e. The maximum atomic E-state index is 12.1. The number of halogens is 1. The van der Waals surface area contributed by atoms with Crippen molar-refractivity contribution in [1.29, 1.82) is 0 Å². The Hall–Kier alpha value is -1.91. The van der Waals surface area contributed by atoms with Crippen molar-refractivity contribution in [2.24, 2.45) is 0 Å². The van der Waals surface area contributed by atoms with Gasteiger partial charge in [-0.2, -0.15) is 0 Å². The summed E-state index contributed by atoms with van der Waals surface area (Å²) in [4.78, 5) is 12.1. The van der Waals surface area contributed by atoms with E-state index in [4.69, 9.17) is 23.8 Å². The van der Waals surface area contributed by atoms with E-state index in [9.17, 15) is 4.79 Å². The van der Waals surface area contributed by atoms with Crippen LogP contribution in [0.1, 0.15) is 42.1 Å². The van der Waals surface area contributed by atoms with Gasteiger partial charge in [0.15, 0.2) is 5.11 Å². The summed E-state index contributed by atoms with van der Waals surface area (Å²) in [6.45, 7) is 4.30. The molecule has 0 unspecified atom stereocenters. The molecule has 120 valence electrons. The summed E-state index contributed by atoms with van der Waals surface area (Å²) in [6.07, 6.45) is 1.03. The molecule has 0 fully saturated rings. The van der Waals surface area contributed by atoms with Crippen LogP contribution in [-0.2, 0) is 0 Å². The summed E-state index contributed by atoms with van der Waals surface area (Å²) in [5.41, 5.74) is 2.61. The van der Waals surface area contributed by atoms with Crippen LogP contribution >= 0.6 is 23.8 Å². The van der Waals surface area contributed by atoms with E-state index in [0.29, 0.717) is 16.5 Å². The van der Waals surface area contributed by atoms with Gasteiger partial charge in [-0.15, -0.1) is 0 Å². The molecule has 2 N–H and O–H groups in total. The van der Waals surface area contributed by atoms with Crippen LogP contribution in [-0.4, -0.2) is 11.0 Å². The first-order valence-electron chi connectivity index (χ1n) is 7.48. The molecule has 0 aliphatic heterocycles. The first kappa shape index (κ1) is 17.4. The van der Waals surface area contributed by atoms with Crippen molar-refractivity contribution in [1.82, 2.24) is 5.32 Å². The highest BCUT2D eigenvalue weighted by atomic mass is 35.5. The molecule has 0 heterocycles. The van der Waals surface area contributed by atoms with Crippen LogP contribution in [0.2, 0.25) is 5.02 Å². The number of hydrogen-bond acceptors (Lipinski definition) is 2. The zero-order valence-corrected chi connectivity index (χ0v) is 14.7. The topological polar surface area (TPSA) is 41.1 Å². The van der Waals surface area contributed by atoms with Gasteiger partial charge in [0, 0.05) is 16.3 Å². The number of nitrogens with one attached hydrogen (secondary N) is 2. The second-order valence-electron chi connectivity index (χ2n) is 5.31. The molecule has 2 aromatic rings. The highest BCUT2D eigenvalue weighted by Gasteiger charge is 2.11. The van der Waals surface area contributed by atoms with Gasteiger partial charge in [0.2, 0.25) is 0 Å². The molecular weight excluding hydrogens is 328 g/mol. The summed E-state index contributed by atoms with van der Waals surface area (Å²) in [7, 11) is 0. The number of anilines is 1. The fourth-order valence-electron chi connectivity index (χ4n) is 2.19. The summed E-state index contributed by atoms with van der Waals surface area (Å²) < 4.78 is 0. The zero-order valence-electron chi connectivity index (χ0n) is 13.1. The van der Waals surface area contributed by atoms with E-state index in [-0.39, 0.29) is 11.0 Å². The van der Waals surface area contributed by atoms with E-state index in [1.807, 2.05) is 18.2 Å². The van der Waals surface area contributed by atoms with Gasteiger partial charge in [0.25, 0.3) is 5.91 Å². The largest absolute Gasteiger partial charge is 0.332 e. The Morgan fingerprint density at radius 3 is 2.48 bits per heavy atom. The molecule has 0 spiro atoms. The lowest BCUT2D eigenvalue weighted by Crippen LogP contribution is -2.34. The predicted molar refractivity (Wildman–Crippen MR) is 100 cm³/mol. The molecule has 0 saturated carbocycles. The van der Waals surface area contributed by atoms with Crippen LogP contribution in [0.5, 0.6) is 0 Å². The first-order chi connectivity index (χ1) is 11.0. The molecule has 0 bridgehead atoms. The Morgan fingerprint density at radius 1 is 1.17 bits per heavy atom. The molecule has 0 saturated heterocycles. The number of hydrogen-bond donors (Lipinski definition) is 2. The third-order valence-electron chi connectivity index (χ3n) is 3.69. The Balaban J connectivity index is 2.05. The normalized spacial score (nSPS) is 11.6. The number of para-hydroxylation sites is 1. The summed E-state index contributed by atoms with van der Waals surface area (Å²) in [6, 6.07) is 14.6. The standard InChI is InChI=1S/C18H19ClN2OS/c1-3-12(2)15-6-4-5-7-16(15)20-18(23)21-17(22)13-8-10-14(19)11-9-13/h4-12H,3H2,1-2H3,(H2,20,21,22,23)/t12-/m0/s1. The lowest BCUT2D eigenvalue weighted by molar-refractivity contribution is 0.0978. The minimum atomic E-state index is -0.264. The van der Waals surface area contributed by atoms with E-state index < -0.39 is 0 Å². The van der Waals surface area contributed by atoms with Gasteiger partial charge in [0.1, 0.15) is 0 Å². The third kappa shape index (κ3) is 4.78. The molecule has 2 aromatic carbocycles. The van der Waals surface area contributed by atoms with E-state index in [1.165, 1.54) is 5.56 Å². The summed E-state index contributed by atoms with van der Waals surface area (Å²) in [5.74, 6) is 0.147. The molecule has 0 aliphatic carbocycles. The maximum absolute atomic E-state index is 12.1. The van der Waals surface area contributed by atoms with Crippen LogP contribution < -0.4 is 10.6 Å². The predicted octanol–water partition coefficient (Wildman–Crippen LogP) is 4.98. The van der Waals surface area contributed by atoms with Crippen molar-refractivity contribution >= 4 is 40.5 Å². The van der Waals surface area contributed by atoms with Crippen molar-refractivity contribution in [3.8, 4) is 0 Å². The quantitative estimate of drug-likeness (QED) is 0.767. The van der Waals surface area contributed by atoms with Crippen molar-refractivity contribution in [2.75, 3.05) is 5.32 Å². The van der Waals surface area contributed by atoms with Crippen LogP contribution in [0.3, 0.4) is 0 Å². The monoisotopic (exact) mass is 346 g/mol. The second kappa shape index (κ2) is 8.09. The Bertz CT molecular complexity index is 700. The lowest BCUT2D eigenvalue weighted by Gasteiger charge is -2.17. The van der Waals surface area contributed by atoms with Crippen molar-refractivity contribution in [3.05, 3.63) is 64.7 Å². The number of benzene rings is 2. The van der Waals surface area contributed by atoms with Crippen LogP contribution in [0.15, 0.2) is 48.5 Å². The molecule has 5 heteroatoms. The highest BCUT2D eigenvalue weighted by molar-refractivity contribution is 7.80. The van der Waals surface area contributed by atoms with Crippen molar-refractivity contribution in [2.45, 2.75) is 26.2 Å². The number of thiocarbonyl (C=S) groups is 1. The maximum Gasteiger partial charge on any atom is 0.257 e. The molecular formula is C18H19ClN2OS. The molecule has 0 aliphatic rings. The Kier molecular flexibility index (Phi) is 6.13. The zero-order chi connectivity index (χ0) is 16.8. The summed E-state index contributed by atoms with van der Waals surface area (Å²) >= 11 is 11.1. The van der Waals surface area contributed by atoms with Crippen LogP contribution in [0, 0.1) is 0 Å². The van der Waals surface area contributed by atoms with Crippen LogP contribution in [0.25, 0.3) is 0 Å². The molecule has 23 heavy (non-hydrogen) atoms. The molecule has 0 radical (unpaired) electrons. The van der Waals surface area contributed by atoms with Gasteiger partial charge in [-0.1, -0.05) is 43.6 Å². The second-order valence-corrected chi connectivity index (χ2v) is 6.16. The van der Waals surface area contributed by atoms with Gasteiger partial charge in [0.05, 0.1) is 0 Å².